The summed E-state index contributed by atoms with van der Waals surface area (Å²) in [7, 11) is 0. The van der Waals surface area contributed by atoms with Crippen LogP contribution in [0.3, 0.4) is 0 Å². The first kappa shape index (κ1) is 18.4. The minimum Gasteiger partial charge on any atom is -0.339 e. The standard InChI is InChI=1S/C20H22ClN3O2/c21-17-9-5-4-8-16(17)14-18(25)23-10-12-24(13-11-23)20(26)19(22)15-6-2-1-3-7-15/h1-9,19H,10-14,22H2. The van der Waals surface area contributed by atoms with E-state index >= 15 is 0 Å². The molecule has 1 aliphatic rings. The molecule has 1 unspecified atom stereocenters. The van der Waals surface area contributed by atoms with E-state index in [1.807, 2.05) is 48.5 Å². The Morgan fingerprint density at radius 3 is 2.15 bits per heavy atom. The number of hydrogen-bond acceptors (Lipinski definition) is 3. The lowest BCUT2D eigenvalue weighted by molar-refractivity contribution is -0.140. The van der Waals surface area contributed by atoms with Crippen LogP contribution in [0.5, 0.6) is 0 Å². The number of piperazine rings is 1. The number of halogens is 1. The van der Waals surface area contributed by atoms with Crippen LogP contribution in [-0.4, -0.2) is 47.8 Å². The van der Waals surface area contributed by atoms with Crippen molar-refractivity contribution in [2.45, 2.75) is 12.5 Å². The molecule has 2 aromatic rings. The van der Waals surface area contributed by atoms with Gasteiger partial charge in [-0.2, -0.15) is 0 Å². The van der Waals surface area contributed by atoms with E-state index in [1.54, 1.807) is 15.9 Å². The Balaban J connectivity index is 1.54. The molecule has 0 bridgehead atoms. The van der Waals surface area contributed by atoms with E-state index in [0.717, 1.165) is 11.1 Å². The second-order valence-corrected chi connectivity index (χ2v) is 6.77. The van der Waals surface area contributed by atoms with Gasteiger partial charge in [-0.15, -0.1) is 0 Å². The van der Waals surface area contributed by atoms with Gasteiger partial charge < -0.3 is 15.5 Å². The molecule has 1 atom stereocenters. The maximum Gasteiger partial charge on any atom is 0.244 e. The summed E-state index contributed by atoms with van der Waals surface area (Å²) in [6.45, 7) is 2.01. The summed E-state index contributed by atoms with van der Waals surface area (Å²) >= 11 is 6.13. The molecule has 0 spiro atoms. The predicted octanol–water partition coefficient (Wildman–Crippen LogP) is 2.25. The molecule has 0 aliphatic carbocycles. The molecule has 5 nitrogen and oxygen atoms in total. The van der Waals surface area contributed by atoms with E-state index in [-0.39, 0.29) is 18.2 Å². The normalized spacial score (nSPS) is 15.6. The smallest absolute Gasteiger partial charge is 0.244 e. The zero-order valence-corrected chi connectivity index (χ0v) is 15.2. The fourth-order valence-corrected chi connectivity index (χ4v) is 3.29. The van der Waals surface area contributed by atoms with Crippen molar-refractivity contribution in [2.75, 3.05) is 26.2 Å². The fraction of sp³-hybridized carbons (Fsp3) is 0.300. The highest BCUT2D eigenvalue weighted by molar-refractivity contribution is 6.31. The van der Waals surface area contributed by atoms with E-state index in [4.69, 9.17) is 17.3 Å². The van der Waals surface area contributed by atoms with Crippen molar-refractivity contribution in [1.82, 2.24) is 9.80 Å². The minimum atomic E-state index is -0.665. The molecule has 2 amide bonds. The molecular formula is C20H22ClN3O2. The van der Waals surface area contributed by atoms with Crippen molar-refractivity contribution in [1.29, 1.82) is 0 Å². The third kappa shape index (κ3) is 4.23. The Morgan fingerprint density at radius 1 is 0.923 bits per heavy atom. The molecule has 2 N–H and O–H groups in total. The lowest BCUT2D eigenvalue weighted by Crippen LogP contribution is -2.52. The molecule has 1 aliphatic heterocycles. The first-order valence-electron chi connectivity index (χ1n) is 8.67. The average Bonchev–Trinajstić information content (AvgIpc) is 2.69. The lowest BCUT2D eigenvalue weighted by atomic mass is 10.1. The second kappa shape index (κ2) is 8.34. The molecular weight excluding hydrogens is 350 g/mol. The Kier molecular flexibility index (Phi) is 5.91. The number of rotatable bonds is 4. The van der Waals surface area contributed by atoms with E-state index < -0.39 is 6.04 Å². The van der Waals surface area contributed by atoms with E-state index in [9.17, 15) is 9.59 Å². The van der Waals surface area contributed by atoms with Gasteiger partial charge in [0.25, 0.3) is 0 Å². The third-order valence-corrected chi connectivity index (χ3v) is 5.04. The van der Waals surface area contributed by atoms with Crippen LogP contribution in [0.15, 0.2) is 54.6 Å². The highest BCUT2D eigenvalue weighted by Crippen LogP contribution is 2.18. The van der Waals surface area contributed by atoms with Gasteiger partial charge in [-0.1, -0.05) is 60.1 Å². The Hall–Kier alpha value is -2.37. The van der Waals surface area contributed by atoms with Crippen LogP contribution < -0.4 is 5.73 Å². The largest absolute Gasteiger partial charge is 0.339 e. The maximum atomic E-state index is 12.6. The first-order chi connectivity index (χ1) is 12.6. The van der Waals surface area contributed by atoms with Gasteiger partial charge in [0.1, 0.15) is 6.04 Å². The zero-order valence-electron chi connectivity index (χ0n) is 14.5. The van der Waals surface area contributed by atoms with Crippen molar-refractivity contribution in [3.63, 3.8) is 0 Å². The number of benzene rings is 2. The lowest BCUT2D eigenvalue weighted by Gasteiger charge is -2.36. The molecule has 1 saturated heterocycles. The quantitative estimate of drug-likeness (QED) is 0.896. The molecule has 6 heteroatoms. The van der Waals surface area contributed by atoms with Gasteiger partial charge in [-0.3, -0.25) is 9.59 Å². The number of hydrogen-bond donors (Lipinski definition) is 1. The zero-order chi connectivity index (χ0) is 18.5. The van der Waals surface area contributed by atoms with E-state index in [0.29, 0.717) is 31.2 Å². The Morgan fingerprint density at radius 2 is 1.50 bits per heavy atom. The Bertz CT molecular complexity index is 774. The molecule has 0 aromatic heterocycles. The number of carbonyl (C=O) groups is 2. The van der Waals surface area contributed by atoms with Crippen molar-refractivity contribution < 1.29 is 9.59 Å². The van der Waals surface area contributed by atoms with Crippen LogP contribution in [0.1, 0.15) is 17.2 Å². The number of nitrogens with two attached hydrogens (primary N) is 1. The van der Waals surface area contributed by atoms with Crippen LogP contribution in [-0.2, 0) is 16.0 Å². The van der Waals surface area contributed by atoms with Crippen molar-refractivity contribution >= 4 is 23.4 Å². The summed E-state index contributed by atoms with van der Waals surface area (Å²) < 4.78 is 0. The van der Waals surface area contributed by atoms with Crippen LogP contribution in [0, 0.1) is 0 Å². The minimum absolute atomic E-state index is 0.0255. The van der Waals surface area contributed by atoms with Gasteiger partial charge >= 0.3 is 0 Å². The summed E-state index contributed by atoms with van der Waals surface area (Å²) in [6.07, 6.45) is 0.275. The highest BCUT2D eigenvalue weighted by atomic mass is 35.5. The summed E-state index contributed by atoms with van der Waals surface area (Å²) in [5, 5.41) is 0.600. The van der Waals surface area contributed by atoms with Crippen LogP contribution in [0.25, 0.3) is 0 Å². The van der Waals surface area contributed by atoms with Crippen LogP contribution in [0.2, 0.25) is 5.02 Å². The van der Waals surface area contributed by atoms with Gasteiger partial charge in [0.05, 0.1) is 6.42 Å². The van der Waals surface area contributed by atoms with E-state index in [2.05, 4.69) is 0 Å². The molecule has 1 heterocycles. The van der Waals surface area contributed by atoms with Crippen molar-refractivity contribution in [3.8, 4) is 0 Å². The molecule has 3 rings (SSSR count). The van der Waals surface area contributed by atoms with Gasteiger partial charge in [0, 0.05) is 31.2 Å². The second-order valence-electron chi connectivity index (χ2n) is 6.36. The van der Waals surface area contributed by atoms with Gasteiger partial charge in [0.2, 0.25) is 11.8 Å². The number of amides is 2. The van der Waals surface area contributed by atoms with Crippen molar-refractivity contribution in [3.05, 3.63) is 70.7 Å². The first-order valence-corrected chi connectivity index (χ1v) is 9.04. The average molecular weight is 372 g/mol. The fourth-order valence-electron chi connectivity index (χ4n) is 3.09. The SMILES string of the molecule is NC(C(=O)N1CCN(C(=O)Cc2ccccc2Cl)CC1)c1ccccc1. The molecule has 2 aromatic carbocycles. The Labute approximate surface area is 158 Å². The summed E-state index contributed by atoms with van der Waals surface area (Å²) in [5.41, 5.74) is 7.72. The van der Waals surface area contributed by atoms with Crippen LogP contribution >= 0.6 is 11.6 Å². The van der Waals surface area contributed by atoms with Crippen LogP contribution in [0.4, 0.5) is 0 Å². The topological polar surface area (TPSA) is 66.6 Å². The van der Waals surface area contributed by atoms with Gasteiger partial charge in [0.15, 0.2) is 0 Å². The molecule has 0 radical (unpaired) electrons. The molecule has 26 heavy (non-hydrogen) atoms. The maximum absolute atomic E-state index is 12.6. The third-order valence-electron chi connectivity index (χ3n) is 4.67. The molecule has 136 valence electrons. The summed E-state index contributed by atoms with van der Waals surface area (Å²) in [4.78, 5) is 28.6. The van der Waals surface area contributed by atoms with E-state index in [1.165, 1.54) is 0 Å². The summed E-state index contributed by atoms with van der Waals surface area (Å²) in [6, 6.07) is 16.0. The summed E-state index contributed by atoms with van der Waals surface area (Å²) in [5.74, 6) is -0.0769. The van der Waals surface area contributed by atoms with Gasteiger partial charge in [-0.05, 0) is 17.2 Å². The predicted molar refractivity (Wildman–Crippen MR) is 102 cm³/mol. The number of nitrogens with zero attached hydrogens (tertiary/aromatic N) is 2. The van der Waals surface area contributed by atoms with Crippen molar-refractivity contribution in [2.24, 2.45) is 5.73 Å². The molecule has 0 saturated carbocycles. The highest BCUT2D eigenvalue weighted by Gasteiger charge is 2.28. The monoisotopic (exact) mass is 371 g/mol. The molecule has 1 fully saturated rings. The van der Waals surface area contributed by atoms with Gasteiger partial charge in [-0.25, -0.2) is 0 Å². The number of carbonyl (C=O) groups excluding carboxylic acids is 2.